The van der Waals surface area contributed by atoms with E-state index in [0.29, 0.717) is 11.4 Å². The van der Waals surface area contributed by atoms with E-state index in [-0.39, 0.29) is 18.1 Å². The van der Waals surface area contributed by atoms with Gasteiger partial charge in [0.05, 0.1) is 36.2 Å². The van der Waals surface area contributed by atoms with Crippen LogP contribution in [0.1, 0.15) is 29.3 Å². The number of rotatable bonds is 5. The first-order valence-corrected chi connectivity index (χ1v) is 12.6. The van der Waals surface area contributed by atoms with Gasteiger partial charge in [0, 0.05) is 41.0 Å². The van der Waals surface area contributed by atoms with Gasteiger partial charge in [-0.25, -0.2) is 4.98 Å². The average Bonchev–Trinajstić information content (AvgIpc) is 3.58. The van der Waals surface area contributed by atoms with Gasteiger partial charge >= 0.3 is 0 Å². The van der Waals surface area contributed by atoms with Crippen LogP contribution in [0, 0.1) is 0 Å². The molecule has 1 aliphatic heterocycles. The van der Waals surface area contributed by atoms with Crippen LogP contribution < -0.4 is 5.32 Å². The number of fused-ring (bicyclic) bond motifs is 2. The summed E-state index contributed by atoms with van der Waals surface area (Å²) >= 11 is 1.52. The molecule has 0 radical (unpaired) electrons. The van der Waals surface area contributed by atoms with Gasteiger partial charge in [-0.1, -0.05) is 12.1 Å². The second-order valence-corrected chi connectivity index (χ2v) is 10.1. The quantitative estimate of drug-likeness (QED) is 0.324. The highest BCUT2D eigenvalue weighted by Crippen LogP contribution is 2.34. The van der Waals surface area contributed by atoms with Crippen LogP contribution in [0.4, 0.5) is 5.69 Å². The maximum Gasteiger partial charge on any atom is 0.275 e. The van der Waals surface area contributed by atoms with Crippen molar-refractivity contribution in [3.63, 3.8) is 0 Å². The third-order valence-corrected chi connectivity index (χ3v) is 7.18. The Bertz CT molecular complexity index is 1510. The van der Waals surface area contributed by atoms with Crippen molar-refractivity contribution in [1.29, 1.82) is 0 Å². The van der Waals surface area contributed by atoms with Gasteiger partial charge in [-0.2, -0.15) is 5.10 Å². The number of carbonyl (C=O) groups excluding carboxylic acids is 1. The molecule has 3 aromatic heterocycles. The molecule has 0 aliphatic carbocycles. The van der Waals surface area contributed by atoms with Crippen molar-refractivity contribution < 1.29 is 9.53 Å². The summed E-state index contributed by atoms with van der Waals surface area (Å²) in [6, 6.07) is 12.3. The highest BCUT2D eigenvalue weighted by Gasteiger charge is 2.23. The average molecular weight is 487 g/mol. The molecule has 8 nitrogen and oxygen atoms in total. The van der Waals surface area contributed by atoms with Crippen molar-refractivity contribution in [3.05, 3.63) is 64.9 Å². The number of benzene rings is 2. The van der Waals surface area contributed by atoms with E-state index in [1.54, 1.807) is 6.20 Å². The van der Waals surface area contributed by atoms with Crippen LogP contribution >= 0.6 is 11.3 Å². The summed E-state index contributed by atoms with van der Waals surface area (Å²) in [5, 5.41) is 15.1. The van der Waals surface area contributed by atoms with Gasteiger partial charge in [-0.3, -0.25) is 14.8 Å². The molecular weight excluding hydrogens is 460 g/mol. The zero-order chi connectivity index (χ0) is 23.9. The number of anilines is 1. The summed E-state index contributed by atoms with van der Waals surface area (Å²) in [5.41, 5.74) is 5.14. The van der Waals surface area contributed by atoms with E-state index >= 15 is 0 Å². The van der Waals surface area contributed by atoms with Crippen molar-refractivity contribution >= 4 is 44.7 Å². The molecule has 35 heavy (non-hydrogen) atoms. The van der Waals surface area contributed by atoms with Crippen LogP contribution in [0.5, 0.6) is 0 Å². The van der Waals surface area contributed by atoms with Crippen molar-refractivity contribution in [2.45, 2.75) is 32.6 Å². The summed E-state index contributed by atoms with van der Waals surface area (Å²) in [6.07, 6.45) is 4.06. The number of hydrogen-bond acceptors (Lipinski definition) is 6. The van der Waals surface area contributed by atoms with Crippen molar-refractivity contribution in [1.82, 2.24) is 25.1 Å². The van der Waals surface area contributed by atoms with Gasteiger partial charge in [0.25, 0.3) is 5.91 Å². The standard InChI is InChI=1S/C26H26N6O2S/c1-15-11-32(12-16(2)34-15)13-25-29-24(14-35-25)26(33)30-22-8-17(9-23-20(22)10-28-31-23)18-4-3-5-21-19(18)6-7-27-21/h3-10,14-16,27H,11-13H2,1-2H3,(H,28,31)(H,30,33)/t15-,16+. The van der Waals surface area contributed by atoms with Gasteiger partial charge in [-0.15, -0.1) is 11.3 Å². The number of amides is 1. The number of thiazole rings is 1. The molecule has 0 spiro atoms. The van der Waals surface area contributed by atoms with Gasteiger partial charge in [0.1, 0.15) is 10.7 Å². The molecule has 1 aliphatic rings. The predicted molar refractivity (Wildman–Crippen MR) is 139 cm³/mol. The molecule has 0 unspecified atom stereocenters. The summed E-state index contributed by atoms with van der Waals surface area (Å²) in [5.74, 6) is -0.226. The molecule has 6 rings (SSSR count). The lowest BCUT2D eigenvalue weighted by Crippen LogP contribution is -2.44. The van der Waals surface area contributed by atoms with Crippen LogP contribution in [0.3, 0.4) is 0 Å². The molecular formula is C26H26N6O2S. The molecule has 1 fully saturated rings. The Labute approximate surface area is 206 Å². The number of aromatic amines is 2. The van der Waals surface area contributed by atoms with E-state index < -0.39 is 0 Å². The summed E-state index contributed by atoms with van der Waals surface area (Å²) in [6.45, 7) is 6.63. The zero-order valence-corrected chi connectivity index (χ0v) is 20.4. The molecule has 4 heterocycles. The van der Waals surface area contributed by atoms with E-state index in [1.165, 1.54) is 11.3 Å². The second kappa shape index (κ2) is 8.92. The Morgan fingerprint density at radius 1 is 1.17 bits per heavy atom. The summed E-state index contributed by atoms with van der Waals surface area (Å²) in [4.78, 5) is 23.4. The first kappa shape index (κ1) is 22.0. The number of carbonyl (C=O) groups is 1. The molecule has 0 saturated carbocycles. The molecule has 1 saturated heterocycles. The van der Waals surface area contributed by atoms with Gasteiger partial charge < -0.3 is 15.0 Å². The van der Waals surface area contributed by atoms with Crippen LogP contribution in [0.25, 0.3) is 32.9 Å². The maximum absolute atomic E-state index is 13.2. The van der Waals surface area contributed by atoms with E-state index in [2.05, 4.69) is 62.4 Å². The maximum atomic E-state index is 13.2. The molecule has 2 atom stereocenters. The lowest BCUT2D eigenvalue weighted by atomic mass is 9.99. The molecule has 9 heteroatoms. The minimum atomic E-state index is -0.226. The fourth-order valence-corrected chi connectivity index (χ4v) is 5.74. The Morgan fingerprint density at radius 2 is 2.03 bits per heavy atom. The van der Waals surface area contributed by atoms with Gasteiger partial charge in [0.2, 0.25) is 0 Å². The number of nitrogens with one attached hydrogen (secondary N) is 3. The van der Waals surface area contributed by atoms with Crippen LogP contribution in [0.2, 0.25) is 0 Å². The fraction of sp³-hybridized carbons (Fsp3) is 0.269. The van der Waals surface area contributed by atoms with Crippen molar-refractivity contribution in [2.75, 3.05) is 18.4 Å². The monoisotopic (exact) mass is 486 g/mol. The molecule has 2 aromatic carbocycles. The summed E-state index contributed by atoms with van der Waals surface area (Å²) < 4.78 is 5.82. The lowest BCUT2D eigenvalue weighted by molar-refractivity contribution is -0.0705. The number of hydrogen-bond donors (Lipinski definition) is 3. The fourth-order valence-electron chi connectivity index (χ4n) is 4.93. The van der Waals surface area contributed by atoms with E-state index in [4.69, 9.17) is 4.74 Å². The summed E-state index contributed by atoms with van der Waals surface area (Å²) in [7, 11) is 0. The molecule has 5 aromatic rings. The second-order valence-electron chi connectivity index (χ2n) is 9.13. The number of ether oxygens (including phenoxy) is 1. The topological polar surface area (TPSA) is 98.9 Å². The lowest BCUT2D eigenvalue weighted by Gasteiger charge is -2.34. The van der Waals surface area contributed by atoms with E-state index in [1.807, 2.05) is 29.8 Å². The SMILES string of the molecule is C[C@@H]1CN(Cc2nc(C(=O)Nc3cc(-c4cccc5[nH]ccc45)cc4[nH]ncc34)cs2)C[C@H](C)O1. The number of H-pyrrole nitrogens is 2. The zero-order valence-electron chi connectivity index (χ0n) is 19.5. The van der Waals surface area contributed by atoms with Gasteiger partial charge in [0.15, 0.2) is 0 Å². The third kappa shape index (κ3) is 4.34. The van der Waals surface area contributed by atoms with Crippen LogP contribution in [-0.4, -0.2) is 56.3 Å². The normalized spacial score (nSPS) is 18.9. The number of nitrogens with zero attached hydrogens (tertiary/aromatic N) is 3. The minimum Gasteiger partial charge on any atom is -0.373 e. The van der Waals surface area contributed by atoms with Crippen molar-refractivity contribution in [3.8, 4) is 11.1 Å². The largest absolute Gasteiger partial charge is 0.373 e. The number of morpholine rings is 1. The van der Waals surface area contributed by atoms with E-state index in [0.717, 1.165) is 57.6 Å². The first-order chi connectivity index (χ1) is 17.0. The van der Waals surface area contributed by atoms with Crippen molar-refractivity contribution in [2.24, 2.45) is 0 Å². The van der Waals surface area contributed by atoms with E-state index in [9.17, 15) is 4.79 Å². The molecule has 1 amide bonds. The highest BCUT2D eigenvalue weighted by atomic mass is 32.1. The molecule has 3 N–H and O–H groups in total. The minimum absolute atomic E-state index is 0.197. The number of aromatic nitrogens is 4. The van der Waals surface area contributed by atoms with Gasteiger partial charge in [-0.05, 0) is 49.2 Å². The molecule has 0 bridgehead atoms. The third-order valence-electron chi connectivity index (χ3n) is 6.35. The smallest absolute Gasteiger partial charge is 0.275 e. The Kier molecular flexibility index (Phi) is 5.60. The Balaban J connectivity index is 1.26. The van der Waals surface area contributed by atoms with Crippen LogP contribution in [0.15, 0.2) is 54.2 Å². The Hall–Kier alpha value is -3.53. The highest BCUT2D eigenvalue weighted by molar-refractivity contribution is 7.09. The first-order valence-electron chi connectivity index (χ1n) is 11.7. The van der Waals surface area contributed by atoms with Crippen LogP contribution in [-0.2, 0) is 11.3 Å². The molecule has 178 valence electrons. The Morgan fingerprint density at radius 3 is 2.89 bits per heavy atom. The predicted octanol–water partition coefficient (Wildman–Crippen LogP) is 5.03.